The van der Waals surface area contributed by atoms with Gasteiger partial charge in [0.25, 0.3) is 5.91 Å². The number of carbonyl (C=O) groups is 2. The molecule has 9 nitrogen and oxygen atoms in total. The van der Waals surface area contributed by atoms with Crippen LogP contribution < -0.4 is 30.9 Å². The summed E-state index contributed by atoms with van der Waals surface area (Å²) in [5.41, 5.74) is 2.45. The Balaban J connectivity index is 1.26. The summed E-state index contributed by atoms with van der Waals surface area (Å²) in [6, 6.07) is 14.7. The Bertz CT molecular complexity index is 1220. The van der Waals surface area contributed by atoms with Crippen LogP contribution >= 0.6 is 11.8 Å². The zero-order chi connectivity index (χ0) is 24.8. The maximum atomic E-state index is 13.5. The molecule has 0 saturated carbocycles. The van der Waals surface area contributed by atoms with E-state index in [0.29, 0.717) is 29.4 Å². The summed E-state index contributed by atoms with van der Waals surface area (Å²) in [6.45, 7) is 3.72. The van der Waals surface area contributed by atoms with Crippen molar-refractivity contribution in [2.45, 2.75) is 36.9 Å². The van der Waals surface area contributed by atoms with Gasteiger partial charge in [-0.15, -0.1) is 0 Å². The largest absolute Gasteiger partial charge is 0.457 e. The third-order valence-electron chi connectivity index (χ3n) is 7.25. The van der Waals surface area contributed by atoms with Gasteiger partial charge < -0.3 is 31.1 Å². The van der Waals surface area contributed by atoms with Gasteiger partial charge in [0, 0.05) is 30.4 Å². The quantitative estimate of drug-likeness (QED) is 0.421. The Kier molecular flexibility index (Phi) is 6.12. The Labute approximate surface area is 213 Å². The molecule has 10 heteroatoms. The van der Waals surface area contributed by atoms with Crippen LogP contribution in [0.4, 0.5) is 10.5 Å². The van der Waals surface area contributed by atoms with Crippen molar-refractivity contribution >= 4 is 29.4 Å². The van der Waals surface area contributed by atoms with Gasteiger partial charge >= 0.3 is 6.03 Å². The van der Waals surface area contributed by atoms with E-state index in [9.17, 15) is 14.7 Å². The molecule has 0 spiro atoms. The van der Waals surface area contributed by atoms with Crippen molar-refractivity contribution in [2.24, 2.45) is 5.92 Å². The second-order valence-corrected chi connectivity index (χ2v) is 10.7. The van der Waals surface area contributed by atoms with Crippen molar-refractivity contribution in [2.75, 3.05) is 24.5 Å². The van der Waals surface area contributed by atoms with Crippen LogP contribution in [0.1, 0.15) is 12.0 Å². The normalized spacial score (nSPS) is 29.1. The number of carbonyl (C=O) groups excluding carboxylic acids is 2. The van der Waals surface area contributed by atoms with E-state index in [2.05, 4.69) is 21.3 Å². The molecule has 3 fully saturated rings. The number of rotatable bonds is 5. The molecular weight excluding hydrogens is 478 g/mol. The van der Waals surface area contributed by atoms with Gasteiger partial charge in [0.2, 0.25) is 0 Å². The first-order valence-electron chi connectivity index (χ1n) is 12.3. The number of ether oxygens (including phenoxy) is 1. The number of amides is 3. The standard InChI is InChI=1S/C26H29N5O4S/c1-14-11-16(35-15-5-3-2-4-6-15)7-8-18(14)31-19-9-10-28-25-21(19)22(30-26(31)34)23(36-25)24(33)29-17-12-27-13-20(17)32/h2-8,11,17,19-21,25,27-28,32H,9-10,12-13H2,1H3,(H,29,33)(H,30,34)/t17-,19?,20-,21?,25?/m0/s1. The number of aliphatic hydroxyl groups excluding tert-OH is 1. The molecule has 4 aliphatic rings. The first-order valence-corrected chi connectivity index (χ1v) is 13.1. The maximum absolute atomic E-state index is 13.5. The molecule has 0 aromatic heterocycles. The smallest absolute Gasteiger partial charge is 0.326 e. The molecule has 3 amide bonds. The fourth-order valence-electron chi connectivity index (χ4n) is 5.53. The van der Waals surface area contributed by atoms with Gasteiger partial charge in [-0.1, -0.05) is 30.0 Å². The number of anilines is 1. The summed E-state index contributed by atoms with van der Waals surface area (Å²) in [5, 5.41) is 22.7. The van der Waals surface area contributed by atoms with Gasteiger partial charge in [0.15, 0.2) is 0 Å². The second kappa shape index (κ2) is 9.44. The molecule has 5 atom stereocenters. The summed E-state index contributed by atoms with van der Waals surface area (Å²) >= 11 is 1.46. The van der Waals surface area contributed by atoms with Crippen LogP contribution in [0.25, 0.3) is 0 Å². The topological polar surface area (TPSA) is 115 Å². The zero-order valence-corrected chi connectivity index (χ0v) is 20.7. The fourth-order valence-corrected chi connectivity index (χ4v) is 6.93. The molecule has 2 aromatic carbocycles. The minimum absolute atomic E-state index is 0.00443. The Morgan fingerprint density at radius 3 is 2.75 bits per heavy atom. The minimum atomic E-state index is -0.618. The first-order chi connectivity index (χ1) is 17.5. The van der Waals surface area contributed by atoms with E-state index in [4.69, 9.17) is 4.74 Å². The van der Waals surface area contributed by atoms with E-state index in [1.165, 1.54) is 11.8 Å². The number of para-hydroxylation sites is 1. The molecular formula is C26H29N5O4S. The van der Waals surface area contributed by atoms with Crippen LogP contribution in [0.5, 0.6) is 11.5 Å². The van der Waals surface area contributed by atoms with Gasteiger partial charge in [0.1, 0.15) is 11.5 Å². The molecule has 3 unspecified atom stereocenters. The van der Waals surface area contributed by atoms with E-state index < -0.39 is 6.10 Å². The highest BCUT2D eigenvalue weighted by atomic mass is 32.2. The maximum Gasteiger partial charge on any atom is 0.326 e. The molecule has 36 heavy (non-hydrogen) atoms. The fraction of sp³-hybridized carbons (Fsp3) is 0.385. The van der Waals surface area contributed by atoms with Gasteiger partial charge in [-0.25, -0.2) is 4.79 Å². The SMILES string of the molecule is Cc1cc(Oc2ccccc2)ccc1N1C(=O)NC2=C(C(=O)N[C@H]3CNC[C@@H]3O)SC3NCCC1C23. The molecule has 0 radical (unpaired) electrons. The predicted octanol–water partition coefficient (Wildman–Crippen LogP) is 2.03. The number of urea groups is 1. The van der Waals surface area contributed by atoms with Crippen molar-refractivity contribution in [3.05, 3.63) is 64.7 Å². The molecule has 4 aliphatic heterocycles. The number of piperidine rings is 1. The number of aliphatic hydroxyl groups is 1. The third kappa shape index (κ3) is 4.13. The molecule has 5 N–H and O–H groups in total. The Morgan fingerprint density at radius 2 is 2.00 bits per heavy atom. The van der Waals surface area contributed by atoms with E-state index in [0.717, 1.165) is 30.0 Å². The zero-order valence-electron chi connectivity index (χ0n) is 19.9. The predicted molar refractivity (Wildman–Crippen MR) is 138 cm³/mol. The average molecular weight is 508 g/mol. The van der Waals surface area contributed by atoms with E-state index in [1.807, 2.05) is 60.4 Å². The highest BCUT2D eigenvalue weighted by Gasteiger charge is 2.52. The van der Waals surface area contributed by atoms with Crippen LogP contribution in [-0.4, -0.2) is 60.2 Å². The van der Waals surface area contributed by atoms with Crippen LogP contribution in [-0.2, 0) is 4.79 Å². The monoisotopic (exact) mass is 507 g/mol. The Morgan fingerprint density at radius 1 is 1.17 bits per heavy atom. The number of aryl methyl sites for hydroxylation is 1. The summed E-state index contributed by atoms with van der Waals surface area (Å²) < 4.78 is 5.98. The number of hydrogen-bond donors (Lipinski definition) is 5. The van der Waals surface area contributed by atoms with Crippen molar-refractivity contribution in [1.29, 1.82) is 0 Å². The minimum Gasteiger partial charge on any atom is -0.457 e. The molecule has 188 valence electrons. The van der Waals surface area contributed by atoms with Crippen molar-refractivity contribution in [3.63, 3.8) is 0 Å². The molecule has 6 rings (SSSR count). The van der Waals surface area contributed by atoms with Crippen molar-refractivity contribution in [3.8, 4) is 11.5 Å². The Hall–Kier alpha value is -3.05. The number of benzene rings is 2. The van der Waals surface area contributed by atoms with E-state index in [-0.39, 0.29) is 35.3 Å². The molecule has 3 saturated heterocycles. The van der Waals surface area contributed by atoms with Crippen LogP contribution in [0, 0.1) is 12.8 Å². The van der Waals surface area contributed by atoms with Gasteiger partial charge in [0.05, 0.1) is 28.5 Å². The third-order valence-corrected chi connectivity index (χ3v) is 8.61. The van der Waals surface area contributed by atoms with Gasteiger partial charge in [-0.3, -0.25) is 9.69 Å². The number of thioether (sulfide) groups is 1. The molecule has 0 aliphatic carbocycles. The summed E-state index contributed by atoms with van der Waals surface area (Å²) in [4.78, 5) is 29.0. The lowest BCUT2D eigenvalue weighted by Gasteiger charge is -2.46. The lowest BCUT2D eigenvalue weighted by Crippen LogP contribution is -2.62. The highest BCUT2D eigenvalue weighted by molar-refractivity contribution is 8.04. The first kappa shape index (κ1) is 23.4. The highest BCUT2D eigenvalue weighted by Crippen LogP contribution is 2.48. The number of hydrogen-bond acceptors (Lipinski definition) is 7. The number of β-amino-alcohol motifs (C(OH)–C–C–N with tert-alkyl or cyclic N) is 1. The summed E-state index contributed by atoms with van der Waals surface area (Å²) in [6.07, 6.45) is 0.160. The molecule has 4 heterocycles. The van der Waals surface area contributed by atoms with Crippen LogP contribution in [0.3, 0.4) is 0 Å². The lowest BCUT2D eigenvalue weighted by atomic mass is 9.86. The summed E-state index contributed by atoms with van der Waals surface area (Å²) in [5.74, 6) is 1.19. The number of nitrogens with zero attached hydrogens (tertiary/aromatic N) is 1. The van der Waals surface area contributed by atoms with Gasteiger partial charge in [-0.05, 0) is 55.8 Å². The molecule has 0 bridgehead atoms. The molecule has 2 aromatic rings. The van der Waals surface area contributed by atoms with Crippen LogP contribution in [0.15, 0.2) is 59.1 Å². The van der Waals surface area contributed by atoms with Gasteiger partial charge in [-0.2, -0.15) is 0 Å². The van der Waals surface area contributed by atoms with E-state index >= 15 is 0 Å². The second-order valence-electron chi connectivity index (χ2n) is 9.59. The van der Waals surface area contributed by atoms with Crippen molar-refractivity contribution < 1.29 is 19.4 Å². The van der Waals surface area contributed by atoms with Crippen molar-refractivity contribution in [1.82, 2.24) is 21.3 Å². The average Bonchev–Trinajstić information content (AvgIpc) is 3.45. The summed E-state index contributed by atoms with van der Waals surface area (Å²) in [7, 11) is 0. The lowest BCUT2D eigenvalue weighted by molar-refractivity contribution is -0.118. The van der Waals surface area contributed by atoms with Crippen LogP contribution in [0.2, 0.25) is 0 Å². The van der Waals surface area contributed by atoms with E-state index in [1.54, 1.807) is 0 Å². The number of nitrogens with one attached hydrogen (secondary N) is 4.